The van der Waals surface area contributed by atoms with Crippen LogP contribution in [0.1, 0.15) is 38.7 Å². The molecule has 0 saturated heterocycles. The van der Waals surface area contributed by atoms with E-state index in [0.717, 1.165) is 24.1 Å². The van der Waals surface area contributed by atoms with Gasteiger partial charge < -0.3 is 15.2 Å². The van der Waals surface area contributed by atoms with E-state index in [4.69, 9.17) is 9.84 Å². The van der Waals surface area contributed by atoms with Crippen molar-refractivity contribution in [2.45, 2.75) is 40.0 Å². The molecule has 5 heteroatoms. The second kappa shape index (κ2) is 8.29. The Balaban J connectivity index is 2.59. The Labute approximate surface area is 125 Å². The first kappa shape index (κ1) is 17.0. The molecule has 0 radical (unpaired) electrons. The fourth-order valence-electron chi connectivity index (χ4n) is 2.12. The van der Waals surface area contributed by atoms with E-state index in [0.29, 0.717) is 18.1 Å². The molecule has 1 amide bonds. The Morgan fingerprint density at radius 2 is 2.10 bits per heavy atom. The van der Waals surface area contributed by atoms with Gasteiger partial charge in [-0.2, -0.15) is 0 Å². The lowest BCUT2D eigenvalue weighted by Gasteiger charge is -2.13. The van der Waals surface area contributed by atoms with Crippen LogP contribution in [0.5, 0.6) is 5.75 Å². The monoisotopic (exact) mass is 293 g/mol. The molecule has 2 N–H and O–H groups in total. The van der Waals surface area contributed by atoms with E-state index >= 15 is 0 Å². The highest BCUT2D eigenvalue weighted by Crippen LogP contribution is 2.22. The van der Waals surface area contributed by atoms with Gasteiger partial charge in [0.2, 0.25) is 5.91 Å². The number of nitrogens with one attached hydrogen (secondary N) is 1. The van der Waals surface area contributed by atoms with E-state index in [2.05, 4.69) is 19.2 Å². The van der Waals surface area contributed by atoms with Crippen LogP contribution in [0.15, 0.2) is 18.2 Å². The van der Waals surface area contributed by atoms with Gasteiger partial charge in [0.05, 0.1) is 0 Å². The second-order valence-corrected chi connectivity index (χ2v) is 5.31. The van der Waals surface area contributed by atoms with Gasteiger partial charge in [0, 0.05) is 12.1 Å². The summed E-state index contributed by atoms with van der Waals surface area (Å²) >= 11 is 0. The molecule has 21 heavy (non-hydrogen) atoms. The van der Waals surface area contributed by atoms with E-state index in [-0.39, 0.29) is 12.5 Å². The molecule has 1 aromatic rings. The van der Waals surface area contributed by atoms with Crippen molar-refractivity contribution in [2.75, 3.05) is 11.9 Å². The van der Waals surface area contributed by atoms with Crippen LogP contribution in [-0.4, -0.2) is 23.6 Å². The maximum atomic E-state index is 11.9. The highest BCUT2D eigenvalue weighted by Gasteiger charge is 2.10. The molecule has 0 aliphatic heterocycles. The van der Waals surface area contributed by atoms with Crippen molar-refractivity contribution in [3.05, 3.63) is 23.8 Å². The quantitative estimate of drug-likeness (QED) is 0.771. The summed E-state index contributed by atoms with van der Waals surface area (Å²) in [5.74, 6) is -0.172. The summed E-state index contributed by atoms with van der Waals surface area (Å²) in [5.41, 5.74) is 1.57. The number of hydrogen-bond donors (Lipinski definition) is 2. The molecular weight excluding hydrogens is 270 g/mol. The normalized spacial score (nSPS) is 11.8. The fourth-order valence-corrected chi connectivity index (χ4v) is 2.12. The number of carbonyl (C=O) groups excluding carboxylic acids is 1. The van der Waals surface area contributed by atoms with Gasteiger partial charge in [0.1, 0.15) is 5.75 Å². The van der Waals surface area contributed by atoms with Gasteiger partial charge in [-0.3, -0.25) is 4.79 Å². The lowest BCUT2D eigenvalue weighted by atomic mass is 10.0. The van der Waals surface area contributed by atoms with Gasteiger partial charge >= 0.3 is 5.97 Å². The molecule has 1 atom stereocenters. The number of rotatable bonds is 8. The zero-order chi connectivity index (χ0) is 15.8. The minimum Gasteiger partial charge on any atom is -0.482 e. The van der Waals surface area contributed by atoms with Crippen molar-refractivity contribution in [3.8, 4) is 5.75 Å². The largest absolute Gasteiger partial charge is 0.482 e. The number of carboxylic acids is 1. The first-order chi connectivity index (χ1) is 9.92. The average Bonchev–Trinajstić information content (AvgIpc) is 2.39. The topological polar surface area (TPSA) is 75.6 Å². The van der Waals surface area contributed by atoms with E-state index in [1.165, 1.54) is 0 Å². The van der Waals surface area contributed by atoms with Gasteiger partial charge in [-0.25, -0.2) is 4.79 Å². The van der Waals surface area contributed by atoms with Crippen LogP contribution in [0.4, 0.5) is 5.69 Å². The van der Waals surface area contributed by atoms with Gasteiger partial charge in [0.15, 0.2) is 6.61 Å². The maximum Gasteiger partial charge on any atom is 0.341 e. The summed E-state index contributed by atoms with van der Waals surface area (Å²) in [6.07, 6.45) is 2.61. The SMILES string of the molecule is CCCC(C)CC(=O)Nc1ccc(OCC(=O)O)cc1C. The van der Waals surface area contributed by atoms with Crippen molar-refractivity contribution >= 4 is 17.6 Å². The van der Waals surface area contributed by atoms with Crippen LogP contribution in [0.25, 0.3) is 0 Å². The molecule has 0 bridgehead atoms. The second-order valence-electron chi connectivity index (χ2n) is 5.31. The first-order valence-corrected chi connectivity index (χ1v) is 7.17. The highest BCUT2D eigenvalue weighted by atomic mass is 16.5. The van der Waals surface area contributed by atoms with Gasteiger partial charge in [-0.15, -0.1) is 0 Å². The fraction of sp³-hybridized carbons (Fsp3) is 0.500. The molecule has 0 spiro atoms. The van der Waals surface area contributed by atoms with Crippen LogP contribution in [0.3, 0.4) is 0 Å². The van der Waals surface area contributed by atoms with Crippen molar-refractivity contribution in [3.63, 3.8) is 0 Å². The number of carbonyl (C=O) groups is 2. The molecule has 1 rings (SSSR count). The Hall–Kier alpha value is -2.04. The van der Waals surface area contributed by atoms with Crippen LogP contribution in [-0.2, 0) is 9.59 Å². The lowest BCUT2D eigenvalue weighted by molar-refractivity contribution is -0.139. The predicted octanol–water partition coefficient (Wildman–Crippen LogP) is 3.22. The van der Waals surface area contributed by atoms with E-state index < -0.39 is 5.97 Å². The van der Waals surface area contributed by atoms with E-state index in [1.807, 2.05) is 6.92 Å². The zero-order valence-corrected chi connectivity index (χ0v) is 12.8. The van der Waals surface area contributed by atoms with E-state index in [1.54, 1.807) is 18.2 Å². The summed E-state index contributed by atoms with van der Waals surface area (Å²) in [6.45, 7) is 5.64. The van der Waals surface area contributed by atoms with Crippen LogP contribution >= 0.6 is 0 Å². The third-order valence-electron chi connectivity index (χ3n) is 3.15. The Morgan fingerprint density at radius 1 is 1.38 bits per heavy atom. The third kappa shape index (κ3) is 6.29. The number of amides is 1. The molecule has 116 valence electrons. The molecule has 5 nitrogen and oxygen atoms in total. The standard InChI is InChI=1S/C16H23NO4/c1-4-5-11(2)8-15(18)17-14-7-6-13(9-12(14)3)21-10-16(19)20/h6-7,9,11H,4-5,8,10H2,1-3H3,(H,17,18)(H,19,20). The minimum atomic E-state index is -1.02. The molecule has 0 aliphatic carbocycles. The molecular formula is C16H23NO4. The predicted molar refractivity (Wildman–Crippen MR) is 81.6 cm³/mol. The number of aryl methyl sites for hydroxylation is 1. The number of anilines is 1. The van der Waals surface area contributed by atoms with Crippen molar-refractivity contribution in [2.24, 2.45) is 5.92 Å². The number of carboxylic acid groups (broad SMARTS) is 1. The molecule has 0 aliphatic rings. The first-order valence-electron chi connectivity index (χ1n) is 7.17. The molecule has 0 heterocycles. The van der Waals surface area contributed by atoms with Crippen molar-refractivity contribution in [1.29, 1.82) is 0 Å². The molecule has 0 fully saturated rings. The number of benzene rings is 1. The number of hydrogen-bond acceptors (Lipinski definition) is 3. The highest BCUT2D eigenvalue weighted by molar-refractivity contribution is 5.91. The smallest absolute Gasteiger partial charge is 0.341 e. The maximum absolute atomic E-state index is 11.9. The van der Waals surface area contributed by atoms with Crippen LogP contribution < -0.4 is 10.1 Å². The van der Waals surface area contributed by atoms with Gasteiger partial charge in [-0.1, -0.05) is 26.7 Å². The van der Waals surface area contributed by atoms with Crippen LogP contribution in [0.2, 0.25) is 0 Å². The summed E-state index contributed by atoms with van der Waals surface area (Å²) in [5, 5.41) is 11.4. The Morgan fingerprint density at radius 3 is 2.67 bits per heavy atom. The van der Waals surface area contributed by atoms with Crippen molar-refractivity contribution in [1.82, 2.24) is 0 Å². The summed E-state index contributed by atoms with van der Waals surface area (Å²) in [7, 11) is 0. The Bertz CT molecular complexity index is 499. The van der Waals surface area contributed by atoms with Crippen LogP contribution in [0, 0.1) is 12.8 Å². The van der Waals surface area contributed by atoms with Gasteiger partial charge in [0.25, 0.3) is 0 Å². The Kier molecular flexibility index (Phi) is 6.72. The number of ether oxygens (including phenoxy) is 1. The summed E-state index contributed by atoms with van der Waals surface area (Å²) in [6, 6.07) is 5.10. The minimum absolute atomic E-state index is 0.00162. The molecule has 1 aromatic carbocycles. The third-order valence-corrected chi connectivity index (χ3v) is 3.15. The molecule has 0 saturated carbocycles. The van der Waals surface area contributed by atoms with Gasteiger partial charge in [-0.05, 0) is 36.6 Å². The number of aliphatic carboxylic acids is 1. The van der Waals surface area contributed by atoms with Crippen molar-refractivity contribution < 1.29 is 19.4 Å². The molecule has 1 unspecified atom stereocenters. The summed E-state index contributed by atoms with van der Waals surface area (Å²) in [4.78, 5) is 22.4. The summed E-state index contributed by atoms with van der Waals surface area (Å²) < 4.78 is 5.09. The lowest BCUT2D eigenvalue weighted by Crippen LogP contribution is -2.16. The molecule has 0 aromatic heterocycles. The van der Waals surface area contributed by atoms with E-state index in [9.17, 15) is 9.59 Å². The zero-order valence-electron chi connectivity index (χ0n) is 12.8. The average molecular weight is 293 g/mol.